The van der Waals surface area contributed by atoms with Gasteiger partial charge in [0.15, 0.2) is 0 Å². The molecule has 24 heavy (non-hydrogen) atoms. The predicted molar refractivity (Wildman–Crippen MR) is 102 cm³/mol. The van der Waals surface area contributed by atoms with Crippen molar-refractivity contribution in [2.45, 2.75) is 47.1 Å². The second-order valence-electron chi connectivity index (χ2n) is 5.84. The summed E-state index contributed by atoms with van der Waals surface area (Å²) in [5, 5.41) is 2.69. The molecule has 1 saturated heterocycles. The fourth-order valence-electron chi connectivity index (χ4n) is 2.50. The van der Waals surface area contributed by atoms with E-state index in [1.165, 1.54) is 26.4 Å². The van der Waals surface area contributed by atoms with Crippen molar-refractivity contribution in [3.63, 3.8) is 0 Å². The number of hydrogen-bond donors (Lipinski definition) is 1. The van der Waals surface area contributed by atoms with E-state index in [1.807, 2.05) is 13.8 Å². The highest BCUT2D eigenvalue weighted by Gasteiger charge is 2.19. The summed E-state index contributed by atoms with van der Waals surface area (Å²) in [7, 11) is 0. The standard InChI is InChI=1S/C16H33N3O3.C2H6.H2/c1-4-15(2)19-8-6-18(7-9-19)10-12-22-14-13-21-11-5-17-16(3)20;1-2;/h15H,4-14H2,1-3H3,(H,17,20);1-2H3;1H. The number of nitrogens with zero attached hydrogens (tertiary/aromatic N) is 2. The minimum Gasteiger partial charge on any atom is -0.378 e. The van der Waals surface area contributed by atoms with Crippen LogP contribution in [0.1, 0.15) is 42.5 Å². The monoisotopic (exact) mass is 347 g/mol. The average molecular weight is 348 g/mol. The van der Waals surface area contributed by atoms with Gasteiger partial charge in [-0.1, -0.05) is 20.8 Å². The molecule has 0 spiro atoms. The zero-order valence-corrected chi connectivity index (χ0v) is 16.5. The van der Waals surface area contributed by atoms with E-state index in [0.29, 0.717) is 32.4 Å². The van der Waals surface area contributed by atoms with Crippen molar-refractivity contribution < 1.29 is 15.7 Å². The Morgan fingerprint density at radius 2 is 1.67 bits per heavy atom. The lowest BCUT2D eigenvalue weighted by Crippen LogP contribution is -2.50. The lowest BCUT2D eigenvalue weighted by Gasteiger charge is -2.37. The van der Waals surface area contributed by atoms with Crippen LogP contribution in [0.2, 0.25) is 0 Å². The quantitative estimate of drug-likeness (QED) is 0.578. The van der Waals surface area contributed by atoms with Crippen LogP contribution in [0, 0.1) is 0 Å². The summed E-state index contributed by atoms with van der Waals surface area (Å²) in [4.78, 5) is 15.7. The molecule has 0 aromatic carbocycles. The summed E-state index contributed by atoms with van der Waals surface area (Å²) in [6.45, 7) is 18.8. The van der Waals surface area contributed by atoms with Crippen LogP contribution >= 0.6 is 0 Å². The van der Waals surface area contributed by atoms with Crippen molar-refractivity contribution in [2.75, 3.05) is 65.7 Å². The maximum absolute atomic E-state index is 10.6. The zero-order valence-electron chi connectivity index (χ0n) is 16.5. The van der Waals surface area contributed by atoms with E-state index >= 15 is 0 Å². The smallest absolute Gasteiger partial charge is 0.216 e. The lowest BCUT2D eigenvalue weighted by atomic mass is 10.2. The fraction of sp³-hybridized carbons (Fsp3) is 0.944. The molecule has 146 valence electrons. The predicted octanol–water partition coefficient (Wildman–Crippen LogP) is 1.84. The van der Waals surface area contributed by atoms with Crippen molar-refractivity contribution in [3.8, 4) is 0 Å². The van der Waals surface area contributed by atoms with Crippen molar-refractivity contribution in [1.82, 2.24) is 15.1 Å². The Hall–Kier alpha value is -0.690. The Kier molecular flexibility index (Phi) is 15.4. The summed E-state index contributed by atoms with van der Waals surface area (Å²) in [5.74, 6) is -0.0201. The molecule has 1 rings (SSSR count). The number of piperazine rings is 1. The van der Waals surface area contributed by atoms with E-state index in [2.05, 4.69) is 29.0 Å². The summed E-state index contributed by atoms with van der Waals surface area (Å²) in [5.41, 5.74) is 0. The Labute approximate surface area is 150 Å². The molecule has 0 aromatic rings. The number of rotatable bonds is 11. The summed E-state index contributed by atoms with van der Waals surface area (Å²) < 4.78 is 11.0. The number of amides is 1. The molecule has 0 bridgehead atoms. The maximum Gasteiger partial charge on any atom is 0.216 e. The molecule has 1 unspecified atom stereocenters. The van der Waals surface area contributed by atoms with Crippen molar-refractivity contribution >= 4 is 5.91 Å². The van der Waals surface area contributed by atoms with E-state index in [-0.39, 0.29) is 7.33 Å². The Balaban J connectivity index is 0. The number of nitrogens with one attached hydrogen (secondary N) is 1. The van der Waals surface area contributed by atoms with E-state index in [9.17, 15) is 4.79 Å². The third kappa shape index (κ3) is 11.8. The van der Waals surface area contributed by atoms with Gasteiger partial charge in [-0.3, -0.25) is 14.6 Å². The minimum absolute atomic E-state index is 0. The fourth-order valence-corrected chi connectivity index (χ4v) is 2.50. The molecule has 0 saturated carbocycles. The van der Waals surface area contributed by atoms with Crippen LogP contribution in [0.3, 0.4) is 0 Å². The van der Waals surface area contributed by atoms with Crippen molar-refractivity contribution in [2.24, 2.45) is 0 Å². The van der Waals surface area contributed by atoms with Crippen LogP contribution in [-0.2, 0) is 14.3 Å². The van der Waals surface area contributed by atoms with Gasteiger partial charge in [0.1, 0.15) is 0 Å². The van der Waals surface area contributed by atoms with Gasteiger partial charge in [-0.15, -0.1) is 0 Å². The van der Waals surface area contributed by atoms with Gasteiger partial charge in [-0.2, -0.15) is 0 Å². The molecular formula is C18H41N3O3. The highest BCUT2D eigenvalue weighted by molar-refractivity contribution is 5.72. The number of carbonyl (C=O) groups is 1. The third-order valence-electron chi connectivity index (χ3n) is 4.17. The first-order valence-electron chi connectivity index (χ1n) is 9.49. The SMILES string of the molecule is CC.CCC(C)N1CCN(CCOCCOCCNC(C)=O)CC1.[HH]. The van der Waals surface area contributed by atoms with Gasteiger partial charge >= 0.3 is 0 Å². The normalized spacial score (nSPS) is 17.0. The molecule has 1 N–H and O–H groups in total. The molecule has 1 fully saturated rings. The molecule has 6 nitrogen and oxygen atoms in total. The van der Waals surface area contributed by atoms with Crippen LogP contribution in [0.5, 0.6) is 0 Å². The Bertz CT molecular complexity index is 301. The molecule has 1 amide bonds. The topological polar surface area (TPSA) is 54.0 Å². The van der Waals surface area contributed by atoms with Crippen LogP contribution < -0.4 is 5.32 Å². The van der Waals surface area contributed by atoms with Gasteiger partial charge in [0.05, 0.1) is 26.4 Å². The second kappa shape index (κ2) is 15.8. The molecular weight excluding hydrogens is 306 g/mol. The first kappa shape index (κ1) is 23.3. The lowest BCUT2D eigenvalue weighted by molar-refractivity contribution is -0.119. The van der Waals surface area contributed by atoms with Crippen LogP contribution in [0.15, 0.2) is 0 Å². The molecule has 6 heteroatoms. The van der Waals surface area contributed by atoms with E-state index in [1.54, 1.807) is 0 Å². The number of carbonyl (C=O) groups excluding carboxylic acids is 1. The van der Waals surface area contributed by atoms with Crippen LogP contribution in [-0.4, -0.2) is 87.4 Å². The van der Waals surface area contributed by atoms with Crippen LogP contribution in [0.4, 0.5) is 0 Å². The van der Waals surface area contributed by atoms with Gasteiger partial charge in [-0.05, 0) is 13.3 Å². The first-order valence-corrected chi connectivity index (χ1v) is 9.49. The van der Waals surface area contributed by atoms with Gasteiger partial charge in [0, 0.05) is 53.7 Å². The zero-order chi connectivity index (χ0) is 18.2. The van der Waals surface area contributed by atoms with Gasteiger partial charge in [0.25, 0.3) is 0 Å². The largest absolute Gasteiger partial charge is 0.378 e. The molecule has 0 radical (unpaired) electrons. The molecule has 1 aliphatic rings. The van der Waals surface area contributed by atoms with E-state index < -0.39 is 0 Å². The maximum atomic E-state index is 10.6. The summed E-state index contributed by atoms with van der Waals surface area (Å²) in [6, 6.07) is 0.702. The number of ether oxygens (including phenoxy) is 2. The molecule has 1 heterocycles. The highest BCUT2D eigenvalue weighted by atomic mass is 16.5. The van der Waals surface area contributed by atoms with E-state index in [0.717, 1.165) is 26.2 Å². The molecule has 1 atom stereocenters. The molecule has 0 aromatic heterocycles. The molecule has 1 aliphatic heterocycles. The van der Waals surface area contributed by atoms with Gasteiger partial charge in [-0.25, -0.2) is 0 Å². The summed E-state index contributed by atoms with van der Waals surface area (Å²) in [6.07, 6.45) is 1.23. The third-order valence-corrected chi connectivity index (χ3v) is 4.17. The van der Waals surface area contributed by atoms with Crippen LogP contribution in [0.25, 0.3) is 0 Å². The molecule has 0 aliphatic carbocycles. The van der Waals surface area contributed by atoms with Crippen molar-refractivity contribution in [1.29, 1.82) is 0 Å². The highest BCUT2D eigenvalue weighted by Crippen LogP contribution is 2.08. The van der Waals surface area contributed by atoms with E-state index in [4.69, 9.17) is 9.47 Å². The van der Waals surface area contributed by atoms with Gasteiger partial charge in [0.2, 0.25) is 5.91 Å². The van der Waals surface area contributed by atoms with Gasteiger partial charge < -0.3 is 14.8 Å². The first-order chi connectivity index (χ1) is 11.6. The minimum atomic E-state index is -0.0201. The van der Waals surface area contributed by atoms with Crippen molar-refractivity contribution in [3.05, 3.63) is 0 Å². The Morgan fingerprint density at radius 3 is 2.21 bits per heavy atom. The number of hydrogen-bond acceptors (Lipinski definition) is 5. The summed E-state index contributed by atoms with van der Waals surface area (Å²) >= 11 is 0. The Morgan fingerprint density at radius 1 is 1.08 bits per heavy atom. The average Bonchev–Trinajstić information content (AvgIpc) is 2.61. The second-order valence-corrected chi connectivity index (χ2v) is 5.84.